The van der Waals surface area contributed by atoms with Crippen LogP contribution in [0.3, 0.4) is 0 Å². The second kappa shape index (κ2) is 9.06. The molecule has 0 fully saturated rings. The van der Waals surface area contributed by atoms with Crippen molar-refractivity contribution in [2.75, 3.05) is 0 Å². The van der Waals surface area contributed by atoms with Gasteiger partial charge in [0, 0.05) is 11.1 Å². The average molecular weight is 480 g/mol. The van der Waals surface area contributed by atoms with Gasteiger partial charge in [-0.15, -0.1) is 0 Å². The predicted molar refractivity (Wildman–Crippen MR) is 109 cm³/mol. The SMILES string of the molecule is Cc1cc(C(F)(c2cc(C)c(OC(C)O)c(C)c2)C(F)(F)C(F)(F)F)cc(C)c1OC(C)O. The number of hydrogen-bond donors (Lipinski definition) is 2. The standard InChI is InChI=1S/C23H26F6O4/c1-11-7-17(8-12(2)19(11)32-15(5)30)21(24,22(25,26)23(27,28)29)18-9-13(3)20(14(4)10-18)33-16(6)31/h7-10,15-16,30-31H,1-6H3. The van der Waals surface area contributed by atoms with Gasteiger partial charge in [0.05, 0.1) is 0 Å². The van der Waals surface area contributed by atoms with E-state index in [9.17, 15) is 32.2 Å². The van der Waals surface area contributed by atoms with Crippen molar-refractivity contribution in [2.24, 2.45) is 0 Å². The van der Waals surface area contributed by atoms with Crippen LogP contribution in [0.1, 0.15) is 47.2 Å². The molecule has 0 aliphatic carbocycles. The highest BCUT2D eigenvalue weighted by Gasteiger charge is 2.72. The van der Waals surface area contributed by atoms with E-state index < -0.39 is 41.5 Å². The van der Waals surface area contributed by atoms with Crippen molar-refractivity contribution in [1.82, 2.24) is 0 Å². The third kappa shape index (κ3) is 4.91. The predicted octanol–water partition coefficient (Wildman–Crippen LogP) is 5.77. The lowest BCUT2D eigenvalue weighted by molar-refractivity contribution is -0.323. The zero-order valence-electron chi connectivity index (χ0n) is 18.9. The zero-order valence-corrected chi connectivity index (χ0v) is 18.9. The smallest absolute Gasteiger partial charge is 0.457 e. The summed E-state index contributed by atoms with van der Waals surface area (Å²) in [5.41, 5.74) is -5.91. The van der Waals surface area contributed by atoms with Gasteiger partial charge in [-0.1, -0.05) is 0 Å². The first kappa shape index (κ1) is 26.8. The summed E-state index contributed by atoms with van der Waals surface area (Å²) >= 11 is 0. The van der Waals surface area contributed by atoms with Crippen LogP contribution in [-0.4, -0.2) is 34.9 Å². The molecule has 2 atom stereocenters. The number of alkyl halides is 6. The summed E-state index contributed by atoms with van der Waals surface area (Å²) in [6.45, 7) is 7.94. The molecule has 2 unspecified atom stereocenters. The average Bonchev–Trinajstić information content (AvgIpc) is 2.65. The molecule has 0 aliphatic rings. The summed E-state index contributed by atoms with van der Waals surface area (Å²) in [6.07, 6.45) is -8.78. The molecule has 0 aliphatic heterocycles. The Kier molecular flexibility index (Phi) is 7.35. The molecule has 2 N–H and O–H groups in total. The van der Waals surface area contributed by atoms with Gasteiger partial charge in [0.2, 0.25) is 5.67 Å². The van der Waals surface area contributed by atoms with Gasteiger partial charge in [0.1, 0.15) is 11.5 Å². The fourth-order valence-electron chi connectivity index (χ4n) is 3.74. The van der Waals surface area contributed by atoms with Crippen LogP contribution in [0.2, 0.25) is 0 Å². The van der Waals surface area contributed by atoms with E-state index in [2.05, 4.69) is 0 Å². The van der Waals surface area contributed by atoms with Gasteiger partial charge in [-0.05, 0) is 88.1 Å². The fraction of sp³-hybridized carbons (Fsp3) is 0.478. The van der Waals surface area contributed by atoms with E-state index in [4.69, 9.17) is 9.47 Å². The topological polar surface area (TPSA) is 58.9 Å². The normalized spacial score (nSPS) is 16.2. The summed E-state index contributed by atoms with van der Waals surface area (Å²) in [7, 11) is 0. The molecule has 0 saturated carbocycles. The first-order valence-corrected chi connectivity index (χ1v) is 9.99. The van der Waals surface area contributed by atoms with Crippen LogP contribution in [0.4, 0.5) is 26.3 Å². The lowest BCUT2D eigenvalue weighted by Gasteiger charge is -2.36. The number of ether oxygens (including phenoxy) is 2. The van der Waals surface area contributed by atoms with E-state index in [1.54, 1.807) is 0 Å². The van der Waals surface area contributed by atoms with E-state index in [-0.39, 0.29) is 33.8 Å². The minimum Gasteiger partial charge on any atom is -0.465 e. The summed E-state index contributed by atoms with van der Waals surface area (Å²) in [5, 5.41) is 18.9. The van der Waals surface area contributed by atoms with E-state index >= 15 is 4.39 Å². The Morgan fingerprint density at radius 3 is 1.12 bits per heavy atom. The largest absolute Gasteiger partial charge is 0.465 e. The van der Waals surface area contributed by atoms with Gasteiger partial charge in [-0.3, -0.25) is 0 Å². The number of aliphatic hydroxyl groups excluding tert-OH is 2. The van der Waals surface area contributed by atoms with Crippen LogP contribution in [0, 0.1) is 27.7 Å². The number of rotatable bonds is 7. The van der Waals surface area contributed by atoms with Crippen molar-refractivity contribution in [1.29, 1.82) is 0 Å². The maximum Gasteiger partial charge on any atom is 0.457 e. The Bertz CT molecular complexity index is 903. The third-order valence-corrected chi connectivity index (χ3v) is 5.08. The zero-order chi connectivity index (χ0) is 25.5. The summed E-state index contributed by atoms with van der Waals surface area (Å²) in [5.74, 6) is -5.73. The summed E-state index contributed by atoms with van der Waals surface area (Å²) < 4.78 is 97.0. The number of benzene rings is 2. The quantitative estimate of drug-likeness (QED) is 0.391. The highest BCUT2D eigenvalue weighted by molar-refractivity contribution is 5.53. The van der Waals surface area contributed by atoms with Crippen LogP contribution < -0.4 is 9.47 Å². The van der Waals surface area contributed by atoms with Gasteiger partial charge < -0.3 is 19.7 Å². The molecule has 33 heavy (non-hydrogen) atoms. The Balaban J connectivity index is 2.86. The van der Waals surface area contributed by atoms with Crippen molar-refractivity contribution in [3.05, 3.63) is 57.6 Å². The molecule has 0 aromatic heterocycles. The molecule has 0 bridgehead atoms. The third-order valence-electron chi connectivity index (χ3n) is 5.08. The summed E-state index contributed by atoms with van der Waals surface area (Å²) in [6, 6.07) is 3.37. The van der Waals surface area contributed by atoms with Gasteiger partial charge in [-0.25, -0.2) is 4.39 Å². The molecular weight excluding hydrogens is 454 g/mol. The molecule has 0 radical (unpaired) electrons. The number of hydrogen-bond acceptors (Lipinski definition) is 4. The fourth-order valence-corrected chi connectivity index (χ4v) is 3.74. The minimum atomic E-state index is -6.21. The van der Waals surface area contributed by atoms with E-state index in [1.165, 1.54) is 41.5 Å². The Morgan fingerprint density at radius 2 is 0.909 bits per heavy atom. The van der Waals surface area contributed by atoms with Crippen LogP contribution in [0.5, 0.6) is 11.5 Å². The number of aryl methyl sites for hydroxylation is 4. The van der Waals surface area contributed by atoms with E-state index in [0.717, 1.165) is 24.3 Å². The Morgan fingerprint density at radius 1 is 0.636 bits per heavy atom. The van der Waals surface area contributed by atoms with Crippen molar-refractivity contribution in [3.8, 4) is 11.5 Å². The lowest BCUT2D eigenvalue weighted by Crippen LogP contribution is -2.53. The maximum absolute atomic E-state index is 16.4. The first-order valence-electron chi connectivity index (χ1n) is 9.99. The molecule has 2 rings (SSSR count). The molecule has 2 aromatic carbocycles. The van der Waals surface area contributed by atoms with Crippen LogP contribution in [-0.2, 0) is 5.67 Å². The van der Waals surface area contributed by atoms with Crippen LogP contribution in [0.15, 0.2) is 24.3 Å². The van der Waals surface area contributed by atoms with Gasteiger partial charge in [0.25, 0.3) is 0 Å². The van der Waals surface area contributed by atoms with Crippen molar-refractivity contribution < 1.29 is 46.0 Å². The van der Waals surface area contributed by atoms with Crippen LogP contribution in [0.25, 0.3) is 0 Å². The van der Waals surface area contributed by atoms with Crippen LogP contribution >= 0.6 is 0 Å². The molecule has 0 amide bonds. The molecule has 0 heterocycles. The van der Waals surface area contributed by atoms with Gasteiger partial charge >= 0.3 is 12.1 Å². The first-order chi connectivity index (χ1) is 14.9. The maximum atomic E-state index is 16.4. The molecule has 4 nitrogen and oxygen atoms in total. The number of halogens is 6. The molecule has 0 spiro atoms. The molecule has 0 saturated heterocycles. The highest BCUT2D eigenvalue weighted by Crippen LogP contribution is 2.55. The van der Waals surface area contributed by atoms with Crippen molar-refractivity contribution >= 4 is 0 Å². The molecule has 2 aromatic rings. The monoisotopic (exact) mass is 480 g/mol. The van der Waals surface area contributed by atoms with E-state index in [1.807, 2.05) is 0 Å². The van der Waals surface area contributed by atoms with Gasteiger partial charge in [-0.2, -0.15) is 22.0 Å². The molecule has 10 heteroatoms. The lowest BCUT2D eigenvalue weighted by atomic mass is 9.79. The molecule has 184 valence electrons. The van der Waals surface area contributed by atoms with Gasteiger partial charge in [0.15, 0.2) is 12.6 Å². The minimum absolute atomic E-state index is 0.0412. The Hall–Kier alpha value is -2.46. The highest BCUT2D eigenvalue weighted by atomic mass is 19.4. The Labute approximate surface area is 187 Å². The van der Waals surface area contributed by atoms with Crippen molar-refractivity contribution in [3.63, 3.8) is 0 Å². The number of aliphatic hydroxyl groups is 2. The second-order valence-electron chi connectivity index (χ2n) is 8.04. The van der Waals surface area contributed by atoms with Crippen molar-refractivity contribution in [2.45, 2.75) is 71.9 Å². The molecular formula is C23H26F6O4. The second-order valence-corrected chi connectivity index (χ2v) is 8.04. The van der Waals surface area contributed by atoms with E-state index in [0.29, 0.717) is 0 Å². The summed E-state index contributed by atoms with van der Waals surface area (Å²) in [4.78, 5) is 0.